The summed E-state index contributed by atoms with van der Waals surface area (Å²) in [5, 5.41) is 0. The van der Waals surface area contributed by atoms with Crippen LogP contribution >= 0.6 is 24.0 Å². The van der Waals surface area contributed by atoms with Gasteiger partial charge < -0.3 is 9.64 Å². The maximum atomic E-state index is 13.6. The smallest absolute Gasteiger partial charge is 0.267 e. The zero-order valence-corrected chi connectivity index (χ0v) is 21.0. The van der Waals surface area contributed by atoms with Crippen LogP contribution in [0.5, 0.6) is 0 Å². The molecule has 176 valence electrons. The van der Waals surface area contributed by atoms with Crippen LogP contribution in [-0.4, -0.2) is 56.9 Å². The van der Waals surface area contributed by atoms with Crippen LogP contribution in [0, 0.1) is 6.92 Å². The Morgan fingerprint density at radius 2 is 2.03 bits per heavy atom. The molecule has 1 atom stereocenters. The second kappa shape index (κ2) is 10.4. The van der Waals surface area contributed by atoms with E-state index >= 15 is 0 Å². The third-order valence-corrected chi connectivity index (χ3v) is 7.21. The lowest BCUT2D eigenvalue weighted by molar-refractivity contribution is -0.123. The topological polar surface area (TPSA) is 67.2 Å². The number of anilines is 1. The quantitative estimate of drug-likeness (QED) is 0.413. The monoisotopic (exact) mass is 486 g/mol. The van der Waals surface area contributed by atoms with E-state index in [0.717, 1.165) is 50.9 Å². The predicted molar refractivity (Wildman–Crippen MR) is 138 cm³/mol. The first-order valence-electron chi connectivity index (χ1n) is 11.6. The minimum Gasteiger partial charge on any atom is -0.376 e. The van der Waals surface area contributed by atoms with Gasteiger partial charge in [-0.2, -0.15) is 0 Å². The van der Waals surface area contributed by atoms with Crippen LogP contribution in [0.15, 0.2) is 28.0 Å². The highest BCUT2D eigenvalue weighted by Gasteiger charge is 2.35. The van der Waals surface area contributed by atoms with E-state index in [1.165, 1.54) is 11.8 Å². The van der Waals surface area contributed by atoms with Crippen LogP contribution in [0.1, 0.15) is 50.7 Å². The minimum absolute atomic E-state index is 0.0166. The number of hydrogen-bond donors (Lipinski definition) is 0. The summed E-state index contributed by atoms with van der Waals surface area (Å²) in [5.74, 6) is 0.453. The molecule has 2 aromatic rings. The van der Waals surface area contributed by atoms with Crippen molar-refractivity contribution in [1.29, 1.82) is 0 Å². The highest BCUT2D eigenvalue weighted by atomic mass is 32.2. The van der Waals surface area contributed by atoms with E-state index in [2.05, 4.69) is 18.7 Å². The van der Waals surface area contributed by atoms with Crippen molar-refractivity contribution in [1.82, 2.24) is 14.3 Å². The highest BCUT2D eigenvalue weighted by Crippen LogP contribution is 2.34. The second-order valence-corrected chi connectivity index (χ2v) is 10.2. The van der Waals surface area contributed by atoms with Crippen molar-refractivity contribution in [3.8, 4) is 0 Å². The SMILES string of the molecule is CCCN(CCC)c1nc2ccc(C)cn2c(=O)c1C=C1SC(=S)N(CC2CCCO2)C1=O. The van der Waals surface area contributed by atoms with E-state index < -0.39 is 0 Å². The lowest BCUT2D eigenvalue weighted by atomic mass is 10.2. The number of aromatic nitrogens is 2. The number of aryl methyl sites for hydroxylation is 1. The van der Waals surface area contributed by atoms with Gasteiger partial charge in [0.25, 0.3) is 11.5 Å². The van der Waals surface area contributed by atoms with Gasteiger partial charge in [0.2, 0.25) is 0 Å². The van der Waals surface area contributed by atoms with Crippen molar-refractivity contribution in [2.24, 2.45) is 0 Å². The molecule has 2 aliphatic heterocycles. The summed E-state index contributed by atoms with van der Waals surface area (Å²) < 4.78 is 7.77. The number of thioether (sulfide) groups is 1. The molecule has 9 heteroatoms. The maximum Gasteiger partial charge on any atom is 0.267 e. The first-order valence-corrected chi connectivity index (χ1v) is 12.8. The number of amides is 1. The third-order valence-electron chi connectivity index (χ3n) is 5.83. The van der Waals surface area contributed by atoms with Gasteiger partial charge >= 0.3 is 0 Å². The number of fused-ring (bicyclic) bond motifs is 1. The molecule has 0 N–H and O–H groups in total. The fourth-order valence-electron chi connectivity index (χ4n) is 4.26. The molecule has 33 heavy (non-hydrogen) atoms. The Morgan fingerprint density at radius 1 is 1.27 bits per heavy atom. The Kier molecular flexibility index (Phi) is 7.51. The molecule has 2 aromatic heterocycles. The van der Waals surface area contributed by atoms with Gasteiger partial charge in [0.1, 0.15) is 15.8 Å². The molecular formula is C24H30N4O3S2. The zero-order chi connectivity index (χ0) is 23.5. The summed E-state index contributed by atoms with van der Waals surface area (Å²) in [4.78, 5) is 35.9. The van der Waals surface area contributed by atoms with Gasteiger partial charge in [-0.25, -0.2) is 4.98 Å². The van der Waals surface area contributed by atoms with E-state index in [0.29, 0.717) is 32.8 Å². The lowest BCUT2D eigenvalue weighted by Gasteiger charge is -2.24. The van der Waals surface area contributed by atoms with Crippen molar-refractivity contribution in [2.75, 3.05) is 31.1 Å². The summed E-state index contributed by atoms with van der Waals surface area (Å²) in [6.45, 7) is 8.90. The molecule has 4 rings (SSSR count). The van der Waals surface area contributed by atoms with E-state index in [1.54, 1.807) is 21.6 Å². The Bertz CT molecular complexity index is 1150. The largest absolute Gasteiger partial charge is 0.376 e. The van der Waals surface area contributed by atoms with Gasteiger partial charge in [-0.3, -0.25) is 18.9 Å². The van der Waals surface area contributed by atoms with Crippen molar-refractivity contribution >= 4 is 51.7 Å². The summed E-state index contributed by atoms with van der Waals surface area (Å²) in [5.41, 5.74) is 1.81. The first-order chi connectivity index (χ1) is 15.9. The molecule has 2 saturated heterocycles. The van der Waals surface area contributed by atoms with Crippen LogP contribution in [0.4, 0.5) is 5.82 Å². The molecule has 0 bridgehead atoms. The van der Waals surface area contributed by atoms with Gasteiger partial charge in [-0.15, -0.1) is 0 Å². The first kappa shape index (κ1) is 23.9. The number of pyridine rings is 1. The van der Waals surface area contributed by atoms with Crippen LogP contribution in [-0.2, 0) is 9.53 Å². The average molecular weight is 487 g/mol. The number of hydrogen-bond acceptors (Lipinski definition) is 7. The van der Waals surface area contributed by atoms with E-state index in [-0.39, 0.29) is 17.6 Å². The van der Waals surface area contributed by atoms with Gasteiger partial charge in [-0.1, -0.05) is 43.9 Å². The molecule has 1 unspecified atom stereocenters. The van der Waals surface area contributed by atoms with Crippen LogP contribution in [0.2, 0.25) is 0 Å². The zero-order valence-electron chi connectivity index (χ0n) is 19.4. The fraction of sp³-hybridized carbons (Fsp3) is 0.500. The fourth-order valence-corrected chi connectivity index (χ4v) is 5.52. The summed E-state index contributed by atoms with van der Waals surface area (Å²) in [6.07, 6.45) is 7.28. The van der Waals surface area contributed by atoms with Crippen molar-refractivity contribution < 1.29 is 9.53 Å². The van der Waals surface area contributed by atoms with Crippen LogP contribution in [0.3, 0.4) is 0 Å². The normalized spacial score (nSPS) is 19.9. The number of ether oxygens (including phenoxy) is 1. The summed E-state index contributed by atoms with van der Waals surface area (Å²) >= 11 is 6.75. The molecular weight excluding hydrogens is 456 g/mol. The number of nitrogens with zero attached hydrogens (tertiary/aromatic N) is 4. The number of rotatable bonds is 8. The van der Waals surface area contributed by atoms with Crippen LogP contribution < -0.4 is 10.5 Å². The second-order valence-electron chi connectivity index (χ2n) is 8.50. The van der Waals surface area contributed by atoms with Crippen molar-refractivity contribution in [3.63, 3.8) is 0 Å². The Morgan fingerprint density at radius 3 is 2.70 bits per heavy atom. The Labute approximate surface area is 203 Å². The summed E-state index contributed by atoms with van der Waals surface area (Å²) in [7, 11) is 0. The molecule has 0 radical (unpaired) electrons. The van der Waals surface area contributed by atoms with Crippen LogP contribution in [0.25, 0.3) is 11.7 Å². The predicted octanol–water partition coefficient (Wildman–Crippen LogP) is 4.01. The van der Waals surface area contributed by atoms with Gasteiger partial charge in [0, 0.05) is 25.9 Å². The van der Waals surface area contributed by atoms with Gasteiger partial charge in [0.05, 0.1) is 23.1 Å². The van der Waals surface area contributed by atoms with Crippen molar-refractivity contribution in [2.45, 2.75) is 52.6 Å². The summed E-state index contributed by atoms with van der Waals surface area (Å²) in [6, 6.07) is 3.81. The molecule has 7 nitrogen and oxygen atoms in total. The maximum absolute atomic E-state index is 13.6. The third kappa shape index (κ3) is 5.00. The molecule has 0 saturated carbocycles. The molecule has 0 aromatic carbocycles. The van der Waals surface area contributed by atoms with Crippen molar-refractivity contribution in [3.05, 3.63) is 44.7 Å². The minimum atomic E-state index is -0.180. The molecule has 1 amide bonds. The Balaban J connectivity index is 1.79. The number of carbonyl (C=O) groups is 1. The van der Waals surface area contributed by atoms with Gasteiger partial charge in [0.15, 0.2) is 0 Å². The molecule has 2 aliphatic rings. The van der Waals surface area contributed by atoms with Gasteiger partial charge in [-0.05, 0) is 50.3 Å². The van der Waals surface area contributed by atoms with E-state index in [4.69, 9.17) is 21.9 Å². The number of carbonyl (C=O) groups excluding carboxylic acids is 1. The highest BCUT2D eigenvalue weighted by molar-refractivity contribution is 8.26. The standard InChI is InChI=1S/C24H30N4O3S2/c1-4-10-26(11-5-2)21-18(22(29)27-14-16(3)8-9-20(27)25-21)13-19-23(30)28(24(32)33-19)15-17-7-6-12-31-17/h8-9,13-14,17H,4-7,10-12,15H2,1-3H3. The average Bonchev–Trinajstić information content (AvgIpc) is 3.40. The number of thiocarbonyl (C=S) groups is 1. The lowest BCUT2D eigenvalue weighted by Crippen LogP contribution is -2.35. The molecule has 0 spiro atoms. The molecule has 0 aliphatic carbocycles. The van der Waals surface area contributed by atoms with E-state index in [9.17, 15) is 9.59 Å². The van der Waals surface area contributed by atoms with E-state index in [1.807, 2.05) is 19.1 Å². The molecule has 4 heterocycles. The Hall–Kier alpha value is -2.23. The molecule has 2 fully saturated rings.